The Hall–Kier alpha value is -2.30. The van der Waals surface area contributed by atoms with Crippen LogP contribution < -0.4 is 10.2 Å². The number of anilines is 2. The van der Waals surface area contributed by atoms with Crippen LogP contribution in [0.1, 0.15) is 33.3 Å². The van der Waals surface area contributed by atoms with E-state index in [1.165, 1.54) is 6.92 Å². The molecular weight excluding hydrogens is 256 g/mol. The minimum Gasteiger partial charge on any atom is -0.465 e. The van der Waals surface area contributed by atoms with Gasteiger partial charge >= 0.3 is 6.09 Å². The molecule has 0 radical (unpaired) electrons. The van der Waals surface area contributed by atoms with Gasteiger partial charge in [0.2, 0.25) is 5.91 Å². The first-order valence-corrected chi connectivity index (χ1v) is 6.37. The lowest BCUT2D eigenvalue weighted by Crippen LogP contribution is -2.47. The summed E-state index contributed by atoms with van der Waals surface area (Å²) in [4.78, 5) is 24.4. The average Bonchev–Trinajstić information content (AvgIpc) is 2.27. The SMILES string of the molecule is CC(=O)N1c2ccc(NC(=O)O)cc2C(C)=CC1(C)C. The average molecular weight is 274 g/mol. The van der Waals surface area contributed by atoms with Crippen molar-refractivity contribution in [2.24, 2.45) is 0 Å². The van der Waals surface area contributed by atoms with E-state index in [0.717, 1.165) is 16.8 Å². The van der Waals surface area contributed by atoms with E-state index in [0.29, 0.717) is 5.69 Å². The summed E-state index contributed by atoms with van der Waals surface area (Å²) in [5.41, 5.74) is 2.79. The van der Waals surface area contributed by atoms with Crippen LogP contribution in [0.5, 0.6) is 0 Å². The lowest BCUT2D eigenvalue weighted by atomic mass is 9.88. The van der Waals surface area contributed by atoms with Gasteiger partial charge in [0.25, 0.3) is 0 Å². The zero-order valence-electron chi connectivity index (χ0n) is 12.0. The molecule has 0 saturated carbocycles. The second kappa shape index (κ2) is 4.67. The van der Waals surface area contributed by atoms with Gasteiger partial charge in [-0.2, -0.15) is 0 Å². The molecule has 5 nitrogen and oxygen atoms in total. The Morgan fingerprint density at radius 2 is 1.95 bits per heavy atom. The van der Waals surface area contributed by atoms with Gasteiger partial charge < -0.3 is 10.0 Å². The minimum absolute atomic E-state index is 0.0426. The van der Waals surface area contributed by atoms with Crippen molar-refractivity contribution in [3.05, 3.63) is 29.8 Å². The van der Waals surface area contributed by atoms with Crippen LogP contribution in [0.15, 0.2) is 24.3 Å². The van der Waals surface area contributed by atoms with Crippen LogP contribution in [-0.4, -0.2) is 22.6 Å². The Bertz CT molecular complexity index is 618. The quantitative estimate of drug-likeness (QED) is 0.825. The van der Waals surface area contributed by atoms with Gasteiger partial charge in [0.1, 0.15) is 0 Å². The number of carbonyl (C=O) groups is 2. The molecule has 5 heteroatoms. The fourth-order valence-corrected chi connectivity index (χ4v) is 2.81. The van der Waals surface area contributed by atoms with E-state index in [9.17, 15) is 9.59 Å². The fraction of sp³-hybridized carbons (Fsp3) is 0.333. The summed E-state index contributed by atoms with van der Waals surface area (Å²) in [7, 11) is 0. The number of carbonyl (C=O) groups excluding carboxylic acids is 1. The summed E-state index contributed by atoms with van der Waals surface area (Å²) >= 11 is 0. The van der Waals surface area contributed by atoms with Crippen molar-refractivity contribution in [2.75, 3.05) is 10.2 Å². The van der Waals surface area contributed by atoms with Crippen molar-refractivity contribution in [3.8, 4) is 0 Å². The number of amides is 2. The van der Waals surface area contributed by atoms with Gasteiger partial charge in [-0.05, 0) is 44.5 Å². The van der Waals surface area contributed by atoms with Crippen LogP contribution in [0.2, 0.25) is 0 Å². The van der Waals surface area contributed by atoms with Crippen molar-refractivity contribution in [1.29, 1.82) is 0 Å². The molecule has 1 aliphatic rings. The van der Waals surface area contributed by atoms with Gasteiger partial charge in [0.15, 0.2) is 0 Å². The number of hydrogen-bond acceptors (Lipinski definition) is 2. The van der Waals surface area contributed by atoms with E-state index in [1.807, 2.05) is 26.8 Å². The molecule has 2 N–H and O–H groups in total. The number of allylic oxidation sites excluding steroid dienone is 1. The zero-order chi connectivity index (χ0) is 15.1. The lowest BCUT2D eigenvalue weighted by Gasteiger charge is -2.41. The third-order valence-electron chi connectivity index (χ3n) is 3.37. The number of rotatable bonds is 1. The van der Waals surface area contributed by atoms with Crippen molar-refractivity contribution < 1.29 is 14.7 Å². The molecule has 0 spiro atoms. The Labute approximate surface area is 117 Å². The highest BCUT2D eigenvalue weighted by atomic mass is 16.4. The van der Waals surface area contributed by atoms with Crippen LogP contribution in [0, 0.1) is 0 Å². The van der Waals surface area contributed by atoms with Gasteiger partial charge in [-0.3, -0.25) is 10.1 Å². The Morgan fingerprint density at radius 1 is 1.30 bits per heavy atom. The van der Waals surface area contributed by atoms with Crippen molar-refractivity contribution in [3.63, 3.8) is 0 Å². The van der Waals surface area contributed by atoms with Crippen molar-refractivity contribution in [2.45, 2.75) is 33.2 Å². The Morgan fingerprint density at radius 3 is 2.50 bits per heavy atom. The lowest BCUT2D eigenvalue weighted by molar-refractivity contribution is -0.117. The van der Waals surface area contributed by atoms with E-state index in [-0.39, 0.29) is 5.91 Å². The number of carboxylic acid groups (broad SMARTS) is 1. The van der Waals surface area contributed by atoms with Gasteiger partial charge in [0.05, 0.1) is 11.2 Å². The van der Waals surface area contributed by atoms with Crippen molar-refractivity contribution in [1.82, 2.24) is 0 Å². The van der Waals surface area contributed by atoms with Crippen LogP contribution in [0.4, 0.5) is 16.2 Å². The molecule has 0 unspecified atom stereocenters. The molecule has 1 heterocycles. The molecule has 20 heavy (non-hydrogen) atoms. The molecule has 106 valence electrons. The first-order valence-electron chi connectivity index (χ1n) is 6.37. The second-order valence-electron chi connectivity index (χ2n) is 5.50. The largest absolute Gasteiger partial charge is 0.465 e. The molecule has 0 aliphatic carbocycles. The molecule has 1 aromatic rings. The third-order valence-corrected chi connectivity index (χ3v) is 3.37. The molecule has 1 aliphatic heterocycles. The minimum atomic E-state index is -1.11. The molecule has 1 aromatic carbocycles. The third kappa shape index (κ3) is 2.39. The summed E-state index contributed by atoms with van der Waals surface area (Å²) in [6, 6.07) is 5.19. The summed E-state index contributed by atoms with van der Waals surface area (Å²) < 4.78 is 0. The summed E-state index contributed by atoms with van der Waals surface area (Å²) in [6.45, 7) is 7.44. The first kappa shape index (κ1) is 14.1. The fourth-order valence-electron chi connectivity index (χ4n) is 2.81. The van der Waals surface area contributed by atoms with Gasteiger partial charge in [-0.1, -0.05) is 6.08 Å². The highest BCUT2D eigenvalue weighted by Crippen LogP contribution is 2.40. The predicted octanol–water partition coefficient (Wildman–Crippen LogP) is 3.32. The number of hydrogen-bond donors (Lipinski definition) is 2. The normalized spacial score (nSPS) is 16.2. The molecule has 0 bridgehead atoms. The number of nitrogens with one attached hydrogen (secondary N) is 1. The molecule has 2 rings (SSSR count). The van der Waals surface area contributed by atoms with Crippen LogP contribution in [0.3, 0.4) is 0 Å². The summed E-state index contributed by atoms with van der Waals surface area (Å²) in [6.07, 6.45) is 0.910. The van der Waals surface area contributed by atoms with Gasteiger partial charge in [-0.25, -0.2) is 4.79 Å². The van der Waals surface area contributed by atoms with E-state index in [1.54, 1.807) is 23.1 Å². The predicted molar refractivity (Wildman–Crippen MR) is 79.0 cm³/mol. The molecule has 0 fully saturated rings. The topological polar surface area (TPSA) is 69.6 Å². The summed E-state index contributed by atoms with van der Waals surface area (Å²) in [5, 5.41) is 11.1. The van der Waals surface area contributed by atoms with E-state index < -0.39 is 11.6 Å². The smallest absolute Gasteiger partial charge is 0.409 e. The molecule has 0 aromatic heterocycles. The standard InChI is InChI=1S/C15H18N2O3/c1-9-8-15(3,4)17(10(2)18)13-6-5-11(7-12(9)13)16-14(19)20/h5-8,16H,1-4H3,(H,19,20). The maximum atomic E-state index is 11.9. The Kier molecular flexibility index (Phi) is 3.29. The molecule has 0 saturated heterocycles. The Balaban J connectivity index is 2.57. The maximum Gasteiger partial charge on any atom is 0.409 e. The van der Waals surface area contributed by atoms with Crippen LogP contribution >= 0.6 is 0 Å². The zero-order valence-corrected chi connectivity index (χ0v) is 12.0. The maximum absolute atomic E-state index is 11.9. The van der Waals surface area contributed by atoms with Crippen molar-refractivity contribution >= 4 is 28.9 Å². The monoisotopic (exact) mass is 274 g/mol. The number of fused-ring (bicyclic) bond motifs is 1. The van der Waals surface area contributed by atoms with Crippen LogP contribution in [0.25, 0.3) is 5.57 Å². The first-order chi connectivity index (χ1) is 9.22. The van der Waals surface area contributed by atoms with Gasteiger partial charge in [0, 0.05) is 18.2 Å². The molecule has 2 amide bonds. The highest BCUT2D eigenvalue weighted by Gasteiger charge is 2.34. The highest BCUT2D eigenvalue weighted by molar-refractivity contribution is 6.00. The van der Waals surface area contributed by atoms with Crippen LogP contribution in [-0.2, 0) is 4.79 Å². The summed E-state index contributed by atoms with van der Waals surface area (Å²) in [5.74, 6) is -0.0426. The molecule has 0 atom stereocenters. The second-order valence-corrected chi connectivity index (χ2v) is 5.50. The number of benzene rings is 1. The number of nitrogens with zero attached hydrogens (tertiary/aromatic N) is 1. The van der Waals surface area contributed by atoms with E-state index in [4.69, 9.17) is 5.11 Å². The molecular formula is C15H18N2O3. The van der Waals surface area contributed by atoms with E-state index in [2.05, 4.69) is 5.32 Å². The van der Waals surface area contributed by atoms with E-state index >= 15 is 0 Å². The van der Waals surface area contributed by atoms with Gasteiger partial charge in [-0.15, -0.1) is 0 Å².